The number of hydrogen-bond donors (Lipinski definition) is 3. The zero-order chi connectivity index (χ0) is 13.9. The molecule has 1 atom stereocenters. The number of aromatic amines is 1. The Morgan fingerprint density at radius 1 is 1.30 bits per heavy atom. The van der Waals surface area contributed by atoms with Crippen LogP contribution < -0.4 is 10.6 Å². The molecule has 3 N–H and O–H groups in total. The van der Waals surface area contributed by atoms with Gasteiger partial charge in [-0.25, -0.2) is 0 Å². The fourth-order valence-electron chi connectivity index (χ4n) is 3.01. The molecule has 1 unspecified atom stereocenters. The Hall–Kier alpha value is -1.81. The lowest BCUT2D eigenvalue weighted by molar-refractivity contribution is 0.0922. The average Bonchev–Trinajstić information content (AvgIpc) is 2.92. The molecule has 20 heavy (non-hydrogen) atoms. The molecule has 2 heterocycles. The van der Waals surface area contributed by atoms with E-state index in [2.05, 4.69) is 22.5 Å². The van der Waals surface area contributed by atoms with Gasteiger partial charge in [0.1, 0.15) is 0 Å². The van der Waals surface area contributed by atoms with Crippen molar-refractivity contribution in [2.45, 2.75) is 25.8 Å². The number of hydrogen-bond acceptors (Lipinski definition) is 2. The fourth-order valence-corrected chi connectivity index (χ4v) is 3.01. The lowest BCUT2D eigenvalue weighted by Gasteiger charge is -2.28. The monoisotopic (exact) mass is 271 g/mol. The van der Waals surface area contributed by atoms with Gasteiger partial charge in [-0.05, 0) is 44.8 Å². The first-order valence-corrected chi connectivity index (χ1v) is 7.33. The number of benzene rings is 1. The number of H-pyrrole nitrogens is 1. The molecule has 1 amide bonds. The van der Waals surface area contributed by atoms with E-state index in [4.69, 9.17) is 0 Å². The fraction of sp³-hybridized carbons (Fsp3) is 0.438. The van der Waals surface area contributed by atoms with Crippen molar-refractivity contribution in [1.29, 1.82) is 0 Å². The largest absolute Gasteiger partial charge is 0.360 e. The predicted molar refractivity (Wildman–Crippen MR) is 80.8 cm³/mol. The molecule has 0 saturated carbocycles. The minimum atomic E-state index is 0.0217. The molecule has 0 radical (unpaired) electrons. The summed E-state index contributed by atoms with van der Waals surface area (Å²) in [6, 6.07) is 8.12. The highest BCUT2D eigenvalue weighted by Crippen LogP contribution is 2.20. The Morgan fingerprint density at radius 3 is 2.85 bits per heavy atom. The molecule has 4 nitrogen and oxygen atoms in total. The molecular weight excluding hydrogens is 250 g/mol. The van der Waals surface area contributed by atoms with Gasteiger partial charge in [-0.3, -0.25) is 4.79 Å². The summed E-state index contributed by atoms with van der Waals surface area (Å²) in [5, 5.41) is 7.50. The van der Waals surface area contributed by atoms with Gasteiger partial charge in [0.25, 0.3) is 5.91 Å². The maximum Gasteiger partial charge on any atom is 0.253 e. The van der Waals surface area contributed by atoms with Crippen molar-refractivity contribution in [3.63, 3.8) is 0 Å². The molecular formula is C16H21N3O. The summed E-state index contributed by atoms with van der Waals surface area (Å²) in [7, 11) is 0. The van der Waals surface area contributed by atoms with Gasteiger partial charge in [-0.1, -0.05) is 18.2 Å². The quantitative estimate of drug-likeness (QED) is 0.802. The van der Waals surface area contributed by atoms with Crippen LogP contribution in [0.25, 0.3) is 10.9 Å². The van der Waals surface area contributed by atoms with Crippen molar-refractivity contribution in [1.82, 2.24) is 15.6 Å². The van der Waals surface area contributed by atoms with E-state index in [-0.39, 0.29) is 11.9 Å². The lowest BCUT2D eigenvalue weighted by atomic mass is 9.91. The third-order valence-corrected chi connectivity index (χ3v) is 4.28. The lowest BCUT2D eigenvalue weighted by Crippen LogP contribution is -2.42. The zero-order valence-corrected chi connectivity index (χ0v) is 11.8. The van der Waals surface area contributed by atoms with Gasteiger partial charge in [0, 0.05) is 23.1 Å². The van der Waals surface area contributed by atoms with Crippen molar-refractivity contribution in [3.8, 4) is 0 Å². The number of rotatable bonds is 3. The SMILES string of the molecule is CC(NC(=O)c1c[nH]c2ccccc12)C1CCNCC1. The van der Waals surface area contributed by atoms with Crippen molar-refractivity contribution in [2.24, 2.45) is 5.92 Å². The average molecular weight is 271 g/mol. The van der Waals surface area contributed by atoms with Crippen LogP contribution in [0.1, 0.15) is 30.1 Å². The molecule has 1 saturated heterocycles. The van der Waals surface area contributed by atoms with Crippen molar-refractivity contribution in [3.05, 3.63) is 36.0 Å². The van der Waals surface area contributed by atoms with Crippen LogP contribution in [0, 0.1) is 5.92 Å². The van der Waals surface area contributed by atoms with Gasteiger partial charge >= 0.3 is 0 Å². The van der Waals surface area contributed by atoms with E-state index < -0.39 is 0 Å². The standard InChI is InChI=1S/C16H21N3O/c1-11(12-6-8-17-9-7-12)19-16(20)14-10-18-15-5-3-2-4-13(14)15/h2-5,10-12,17-18H,6-9H2,1H3,(H,19,20). The maximum atomic E-state index is 12.4. The number of fused-ring (bicyclic) bond motifs is 1. The number of nitrogens with one attached hydrogen (secondary N) is 3. The molecule has 1 aromatic heterocycles. The van der Waals surface area contributed by atoms with E-state index in [0.29, 0.717) is 5.92 Å². The third-order valence-electron chi connectivity index (χ3n) is 4.28. The van der Waals surface area contributed by atoms with E-state index in [1.54, 1.807) is 6.20 Å². The van der Waals surface area contributed by atoms with E-state index >= 15 is 0 Å². The van der Waals surface area contributed by atoms with E-state index in [1.165, 1.54) is 0 Å². The highest BCUT2D eigenvalue weighted by atomic mass is 16.1. The Bertz CT molecular complexity index is 599. The van der Waals surface area contributed by atoms with Crippen LogP contribution in [0.2, 0.25) is 0 Å². The van der Waals surface area contributed by atoms with Gasteiger partial charge < -0.3 is 15.6 Å². The summed E-state index contributed by atoms with van der Waals surface area (Å²) >= 11 is 0. The molecule has 1 aliphatic heterocycles. The maximum absolute atomic E-state index is 12.4. The first kappa shape index (κ1) is 13.2. The molecule has 3 rings (SSSR count). The summed E-state index contributed by atoms with van der Waals surface area (Å²) in [5.74, 6) is 0.596. The Morgan fingerprint density at radius 2 is 2.05 bits per heavy atom. The van der Waals surface area contributed by atoms with E-state index in [1.807, 2.05) is 24.3 Å². The summed E-state index contributed by atoms with van der Waals surface area (Å²) < 4.78 is 0. The number of carbonyl (C=O) groups excluding carboxylic acids is 1. The van der Waals surface area contributed by atoms with E-state index in [9.17, 15) is 4.79 Å². The van der Waals surface area contributed by atoms with Crippen LogP contribution in [0.3, 0.4) is 0 Å². The van der Waals surface area contributed by atoms with Crippen LogP contribution in [-0.2, 0) is 0 Å². The molecule has 4 heteroatoms. The molecule has 1 aromatic carbocycles. The predicted octanol–water partition coefficient (Wildman–Crippen LogP) is 2.29. The smallest absolute Gasteiger partial charge is 0.253 e. The number of piperidine rings is 1. The highest BCUT2D eigenvalue weighted by molar-refractivity contribution is 6.06. The summed E-state index contributed by atoms with van der Waals surface area (Å²) in [6.45, 7) is 4.22. The molecule has 0 aliphatic carbocycles. The molecule has 1 aliphatic rings. The first-order chi connectivity index (χ1) is 9.75. The second-order valence-electron chi connectivity index (χ2n) is 5.60. The number of carbonyl (C=O) groups is 1. The summed E-state index contributed by atoms with van der Waals surface area (Å²) in [4.78, 5) is 15.6. The summed E-state index contributed by atoms with van der Waals surface area (Å²) in [5.41, 5.74) is 1.74. The molecule has 106 valence electrons. The van der Waals surface area contributed by atoms with Gasteiger partial charge in [0.2, 0.25) is 0 Å². The van der Waals surface area contributed by atoms with Crippen molar-refractivity contribution >= 4 is 16.8 Å². The minimum Gasteiger partial charge on any atom is -0.360 e. The molecule has 0 bridgehead atoms. The van der Waals surface area contributed by atoms with Gasteiger partial charge in [-0.15, -0.1) is 0 Å². The Kier molecular flexibility index (Phi) is 3.74. The first-order valence-electron chi connectivity index (χ1n) is 7.33. The van der Waals surface area contributed by atoms with Gasteiger partial charge in [0.05, 0.1) is 5.56 Å². The topological polar surface area (TPSA) is 56.9 Å². The van der Waals surface area contributed by atoms with Crippen molar-refractivity contribution in [2.75, 3.05) is 13.1 Å². The molecule has 1 fully saturated rings. The Labute approximate surface area is 118 Å². The number of amides is 1. The van der Waals surface area contributed by atoms with Crippen LogP contribution in [-0.4, -0.2) is 30.0 Å². The van der Waals surface area contributed by atoms with Crippen LogP contribution >= 0.6 is 0 Å². The van der Waals surface area contributed by atoms with Crippen molar-refractivity contribution < 1.29 is 4.79 Å². The number of para-hydroxylation sites is 1. The minimum absolute atomic E-state index is 0.0217. The van der Waals surface area contributed by atoms with Gasteiger partial charge in [0.15, 0.2) is 0 Å². The Balaban J connectivity index is 1.72. The third kappa shape index (κ3) is 2.56. The van der Waals surface area contributed by atoms with Gasteiger partial charge in [-0.2, -0.15) is 0 Å². The van der Waals surface area contributed by atoms with Crippen LogP contribution in [0.4, 0.5) is 0 Å². The normalized spacial score (nSPS) is 18.1. The second-order valence-corrected chi connectivity index (χ2v) is 5.60. The van der Waals surface area contributed by atoms with E-state index in [0.717, 1.165) is 42.4 Å². The summed E-state index contributed by atoms with van der Waals surface area (Å²) in [6.07, 6.45) is 4.07. The van der Waals surface area contributed by atoms with Crippen LogP contribution in [0.5, 0.6) is 0 Å². The second kappa shape index (κ2) is 5.67. The number of aromatic nitrogens is 1. The van der Waals surface area contributed by atoms with Crippen LogP contribution in [0.15, 0.2) is 30.5 Å². The zero-order valence-electron chi connectivity index (χ0n) is 11.8. The highest BCUT2D eigenvalue weighted by Gasteiger charge is 2.22. The molecule has 2 aromatic rings. The molecule has 0 spiro atoms.